The van der Waals surface area contributed by atoms with E-state index in [1.54, 1.807) is 13.0 Å². The standard InChI is InChI=1S/C19H32N4O6S2/c1-6-23-9-7-8-15(23)12-20-19(24)16-11-17(14(2)10-18(16)29-5)21-30(25,26)13-31(27,28)22(3)4/h10-11,15,21H,6-9,12-13H2,1-5H3,(H,20,24). The molecule has 1 atom stereocenters. The Morgan fingerprint density at radius 3 is 2.52 bits per heavy atom. The predicted molar refractivity (Wildman–Crippen MR) is 120 cm³/mol. The van der Waals surface area contributed by atoms with Gasteiger partial charge in [0.2, 0.25) is 20.0 Å². The Bertz CT molecular complexity index is 1010. The number of methoxy groups -OCH3 is 1. The Kier molecular flexibility index (Phi) is 8.31. The molecule has 176 valence electrons. The van der Waals surface area contributed by atoms with E-state index in [1.807, 2.05) is 0 Å². The summed E-state index contributed by atoms with van der Waals surface area (Å²) in [6.07, 6.45) is 2.09. The van der Waals surface area contributed by atoms with Crippen molar-refractivity contribution in [3.8, 4) is 5.75 Å². The van der Waals surface area contributed by atoms with Crippen LogP contribution in [0.15, 0.2) is 12.1 Å². The Hall–Kier alpha value is -1.89. The van der Waals surface area contributed by atoms with Crippen molar-refractivity contribution in [3.63, 3.8) is 0 Å². The van der Waals surface area contributed by atoms with Gasteiger partial charge in [0.1, 0.15) is 5.75 Å². The van der Waals surface area contributed by atoms with E-state index in [2.05, 4.69) is 21.9 Å². The number of carbonyl (C=O) groups excluding carboxylic acids is 1. The number of benzene rings is 1. The fourth-order valence-electron chi connectivity index (χ4n) is 3.48. The molecule has 1 unspecified atom stereocenters. The summed E-state index contributed by atoms with van der Waals surface area (Å²) in [5.74, 6) is -0.0844. The number of rotatable bonds is 10. The van der Waals surface area contributed by atoms with Crippen LogP contribution in [0.25, 0.3) is 0 Å². The predicted octanol–water partition coefficient (Wildman–Crippen LogP) is 0.808. The second kappa shape index (κ2) is 10.2. The molecule has 2 N–H and O–H groups in total. The molecule has 31 heavy (non-hydrogen) atoms. The largest absolute Gasteiger partial charge is 0.496 e. The van der Waals surface area contributed by atoms with Gasteiger partial charge in [-0.2, -0.15) is 0 Å². The van der Waals surface area contributed by atoms with Crippen LogP contribution >= 0.6 is 0 Å². The van der Waals surface area contributed by atoms with Gasteiger partial charge in [-0.1, -0.05) is 6.92 Å². The monoisotopic (exact) mass is 476 g/mol. The van der Waals surface area contributed by atoms with Crippen LogP contribution in [-0.2, 0) is 20.0 Å². The van der Waals surface area contributed by atoms with E-state index in [-0.39, 0.29) is 23.2 Å². The van der Waals surface area contributed by atoms with Gasteiger partial charge in [-0.05, 0) is 50.6 Å². The summed E-state index contributed by atoms with van der Waals surface area (Å²) in [5, 5.41) is 1.80. The number of aryl methyl sites for hydroxylation is 1. The lowest BCUT2D eigenvalue weighted by Gasteiger charge is -2.23. The van der Waals surface area contributed by atoms with E-state index < -0.39 is 25.1 Å². The average Bonchev–Trinajstić information content (AvgIpc) is 3.13. The van der Waals surface area contributed by atoms with Gasteiger partial charge in [0, 0.05) is 26.7 Å². The Morgan fingerprint density at radius 1 is 1.26 bits per heavy atom. The summed E-state index contributed by atoms with van der Waals surface area (Å²) in [4.78, 5) is 15.1. The van der Waals surface area contributed by atoms with Crippen LogP contribution in [0.3, 0.4) is 0 Å². The van der Waals surface area contributed by atoms with Crippen molar-refractivity contribution in [2.45, 2.75) is 32.7 Å². The number of likely N-dealkylation sites (N-methyl/N-ethyl adjacent to an activating group) is 1. The summed E-state index contributed by atoms with van der Waals surface area (Å²) in [6, 6.07) is 3.18. The maximum Gasteiger partial charge on any atom is 0.255 e. The smallest absolute Gasteiger partial charge is 0.255 e. The lowest BCUT2D eigenvalue weighted by Crippen LogP contribution is -2.40. The topological polar surface area (TPSA) is 125 Å². The Morgan fingerprint density at radius 2 is 1.94 bits per heavy atom. The first-order valence-corrected chi connectivity index (χ1v) is 13.3. The summed E-state index contributed by atoms with van der Waals surface area (Å²) in [5.41, 5.74) is 0.783. The maximum atomic E-state index is 12.8. The lowest BCUT2D eigenvalue weighted by atomic mass is 10.1. The minimum atomic E-state index is -4.22. The van der Waals surface area contributed by atoms with E-state index in [1.165, 1.54) is 27.3 Å². The third-order valence-corrected chi connectivity index (χ3v) is 9.40. The van der Waals surface area contributed by atoms with Gasteiger partial charge in [-0.15, -0.1) is 0 Å². The molecule has 1 amide bonds. The number of carbonyl (C=O) groups is 1. The summed E-state index contributed by atoms with van der Waals surface area (Å²) < 4.78 is 57.2. The first kappa shape index (κ1) is 25.4. The van der Waals surface area contributed by atoms with Crippen molar-refractivity contribution in [2.75, 3.05) is 50.6 Å². The molecule has 0 spiro atoms. The lowest BCUT2D eigenvalue weighted by molar-refractivity contribution is 0.0938. The first-order chi connectivity index (χ1) is 14.4. The second-order valence-corrected chi connectivity index (χ2v) is 12.0. The first-order valence-electron chi connectivity index (χ1n) is 10.0. The van der Waals surface area contributed by atoms with Crippen molar-refractivity contribution in [1.82, 2.24) is 14.5 Å². The molecule has 1 aromatic rings. The molecule has 0 radical (unpaired) electrons. The van der Waals surface area contributed by atoms with Gasteiger partial charge < -0.3 is 10.1 Å². The fourth-order valence-corrected chi connectivity index (χ4v) is 6.69. The fraction of sp³-hybridized carbons (Fsp3) is 0.632. The van der Waals surface area contributed by atoms with Gasteiger partial charge in [0.05, 0.1) is 18.4 Å². The zero-order chi connectivity index (χ0) is 23.4. The van der Waals surface area contributed by atoms with E-state index in [0.717, 1.165) is 30.2 Å². The molecule has 10 nitrogen and oxygen atoms in total. The van der Waals surface area contributed by atoms with Crippen LogP contribution in [0.1, 0.15) is 35.7 Å². The number of hydrogen-bond acceptors (Lipinski definition) is 7. The van der Waals surface area contributed by atoms with Crippen LogP contribution in [0.4, 0.5) is 5.69 Å². The molecule has 0 aliphatic carbocycles. The van der Waals surface area contributed by atoms with Crippen molar-refractivity contribution in [1.29, 1.82) is 0 Å². The number of ether oxygens (including phenoxy) is 1. The van der Waals surface area contributed by atoms with Gasteiger partial charge in [-0.25, -0.2) is 21.1 Å². The van der Waals surface area contributed by atoms with Gasteiger partial charge in [-0.3, -0.25) is 14.4 Å². The van der Waals surface area contributed by atoms with Crippen molar-refractivity contribution < 1.29 is 26.4 Å². The highest BCUT2D eigenvalue weighted by Gasteiger charge is 2.27. The summed E-state index contributed by atoms with van der Waals surface area (Å²) in [7, 11) is -4.25. The molecule has 1 aromatic carbocycles. The van der Waals surface area contributed by atoms with Crippen LogP contribution in [0.5, 0.6) is 5.75 Å². The number of amides is 1. The van der Waals surface area contributed by atoms with Gasteiger partial charge >= 0.3 is 0 Å². The third kappa shape index (κ3) is 6.55. The molecule has 1 heterocycles. The summed E-state index contributed by atoms with van der Waals surface area (Å²) >= 11 is 0. The number of nitrogens with one attached hydrogen (secondary N) is 2. The number of nitrogens with zero attached hydrogens (tertiary/aromatic N) is 2. The minimum absolute atomic E-state index is 0.121. The third-order valence-electron chi connectivity index (χ3n) is 5.32. The van der Waals surface area contributed by atoms with Gasteiger partial charge in [0.25, 0.3) is 5.91 Å². The van der Waals surface area contributed by atoms with Crippen molar-refractivity contribution >= 4 is 31.6 Å². The van der Waals surface area contributed by atoms with Crippen LogP contribution in [0, 0.1) is 6.92 Å². The van der Waals surface area contributed by atoms with Crippen molar-refractivity contribution in [2.24, 2.45) is 0 Å². The zero-order valence-corrected chi connectivity index (χ0v) is 20.3. The molecule has 0 bridgehead atoms. The van der Waals surface area contributed by atoms with Crippen LogP contribution in [0.2, 0.25) is 0 Å². The molecule has 12 heteroatoms. The summed E-state index contributed by atoms with van der Waals surface area (Å²) in [6.45, 7) is 6.12. The van der Waals surface area contributed by atoms with Crippen LogP contribution in [-0.4, -0.2) is 83.9 Å². The highest BCUT2D eigenvalue weighted by molar-refractivity contribution is 8.07. The SMILES string of the molecule is CCN1CCCC1CNC(=O)c1cc(NS(=O)(=O)CS(=O)(=O)N(C)C)c(C)cc1OC. The quantitative estimate of drug-likeness (QED) is 0.512. The molecular weight excluding hydrogens is 444 g/mol. The Labute approximate surface area is 185 Å². The van der Waals surface area contributed by atoms with E-state index in [0.29, 0.717) is 17.9 Å². The molecule has 1 aliphatic rings. The zero-order valence-electron chi connectivity index (χ0n) is 18.6. The number of likely N-dealkylation sites (tertiary alicyclic amines) is 1. The average molecular weight is 477 g/mol. The molecular formula is C19H32N4O6S2. The molecule has 0 aromatic heterocycles. The maximum absolute atomic E-state index is 12.8. The minimum Gasteiger partial charge on any atom is -0.496 e. The molecule has 2 rings (SSSR count). The molecule has 1 saturated heterocycles. The molecule has 1 fully saturated rings. The van der Waals surface area contributed by atoms with Gasteiger partial charge in [0.15, 0.2) is 5.08 Å². The number of hydrogen-bond donors (Lipinski definition) is 2. The number of sulfonamides is 2. The number of anilines is 1. The highest BCUT2D eigenvalue weighted by Crippen LogP contribution is 2.28. The Balaban J connectivity index is 2.23. The van der Waals surface area contributed by atoms with Crippen molar-refractivity contribution in [3.05, 3.63) is 23.3 Å². The molecule has 0 saturated carbocycles. The van der Waals surface area contributed by atoms with E-state index in [9.17, 15) is 21.6 Å². The second-order valence-electron chi connectivity index (χ2n) is 7.73. The molecule has 1 aliphatic heterocycles. The van der Waals surface area contributed by atoms with Crippen LogP contribution < -0.4 is 14.8 Å². The van der Waals surface area contributed by atoms with E-state index >= 15 is 0 Å². The normalized spacial score (nSPS) is 17.7. The van der Waals surface area contributed by atoms with E-state index in [4.69, 9.17) is 4.74 Å². The highest BCUT2D eigenvalue weighted by atomic mass is 32.3.